The van der Waals surface area contributed by atoms with Crippen LogP contribution >= 0.6 is 0 Å². The summed E-state index contributed by atoms with van der Waals surface area (Å²) < 4.78 is 27.6. The van der Waals surface area contributed by atoms with Crippen LogP contribution in [0.4, 0.5) is 0 Å². The molecule has 356 valence electrons. The van der Waals surface area contributed by atoms with Gasteiger partial charge in [0.1, 0.15) is 46.0 Å². The fourth-order valence-corrected chi connectivity index (χ4v) is 9.87. The van der Waals surface area contributed by atoms with Crippen LogP contribution in [0.5, 0.6) is 46.0 Å². The lowest BCUT2D eigenvalue weighted by Crippen LogP contribution is -2.19. The first-order valence-corrected chi connectivity index (χ1v) is 23.2. The van der Waals surface area contributed by atoms with E-state index in [1.54, 1.807) is 115 Å². The van der Waals surface area contributed by atoms with Gasteiger partial charge in [-0.15, -0.1) is 0 Å². The van der Waals surface area contributed by atoms with E-state index in [9.17, 15) is 29.4 Å². The second-order valence-electron chi connectivity index (χ2n) is 18.0. The number of aromatic carboxylic acids is 2. The van der Waals surface area contributed by atoms with E-state index in [0.717, 1.165) is 11.1 Å². The van der Waals surface area contributed by atoms with Crippen molar-refractivity contribution in [3.05, 3.63) is 191 Å². The van der Waals surface area contributed by atoms with Crippen LogP contribution in [-0.4, -0.2) is 34.0 Å². The van der Waals surface area contributed by atoms with Gasteiger partial charge in [-0.25, -0.2) is 9.59 Å². The Labute approximate surface area is 412 Å². The molecule has 0 unspecified atom stereocenters. The average molecular weight is 955 g/mol. The number of amides is 2. The van der Waals surface area contributed by atoms with Gasteiger partial charge in [0.25, 0.3) is 0 Å². The molecule has 0 aliphatic heterocycles. The molecule has 0 aromatic heterocycles. The van der Waals surface area contributed by atoms with Gasteiger partial charge >= 0.3 is 11.9 Å². The highest BCUT2D eigenvalue weighted by Crippen LogP contribution is 2.59. The van der Waals surface area contributed by atoms with Gasteiger partial charge in [0.15, 0.2) is 0 Å². The molecule has 72 heavy (non-hydrogen) atoms. The van der Waals surface area contributed by atoms with Gasteiger partial charge in [0.05, 0.1) is 22.3 Å². The summed E-state index contributed by atoms with van der Waals surface area (Å²) in [5.41, 5.74) is 14.6. The quantitative estimate of drug-likeness (QED) is 0.0566. The third kappa shape index (κ3) is 7.94. The maximum absolute atomic E-state index is 15.0. The number of primary amides is 2. The van der Waals surface area contributed by atoms with Crippen LogP contribution in [0.1, 0.15) is 92.1 Å². The number of carbonyl (C=O) groups is 4. The predicted molar refractivity (Wildman–Crippen MR) is 278 cm³/mol. The van der Waals surface area contributed by atoms with Crippen LogP contribution in [0.15, 0.2) is 158 Å². The van der Waals surface area contributed by atoms with Crippen molar-refractivity contribution in [3.63, 3.8) is 0 Å². The van der Waals surface area contributed by atoms with Crippen molar-refractivity contribution in [1.82, 2.24) is 0 Å². The van der Waals surface area contributed by atoms with Gasteiger partial charge in [-0.1, -0.05) is 119 Å². The fraction of sp³-hybridized carbons (Fsp3) is 0.100. The highest BCUT2D eigenvalue weighted by molar-refractivity contribution is 6.43. The number of ether oxygens (including phenoxy) is 4. The number of hydrogen-bond donors (Lipinski definition) is 4. The molecule has 0 saturated heterocycles. The molecule has 0 atom stereocenters. The van der Waals surface area contributed by atoms with E-state index in [1.165, 1.54) is 18.2 Å². The SMILES string of the molecule is CC(C)c1cccc(C(C)C)c1-c1c(C(N)=O)c2c(C(N)=O)cc(Oc3ccccc3)c3c4c(Oc5ccccc5)cc(C(=O)O)c5c(C(=O)O)cc(Oc6ccccc6)c(c(c1Oc1ccccc1)c23)c54. The minimum absolute atomic E-state index is 0.0159. The van der Waals surface area contributed by atoms with Crippen molar-refractivity contribution in [3.8, 4) is 57.1 Å². The molecule has 10 rings (SSSR count). The fourth-order valence-electron chi connectivity index (χ4n) is 9.87. The van der Waals surface area contributed by atoms with Crippen LogP contribution in [0.2, 0.25) is 0 Å². The third-order valence-corrected chi connectivity index (χ3v) is 12.8. The van der Waals surface area contributed by atoms with Gasteiger partial charge in [-0.2, -0.15) is 0 Å². The molecular weight excluding hydrogens is 909 g/mol. The van der Waals surface area contributed by atoms with Crippen molar-refractivity contribution >= 4 is 66.8 Å². The maximum Gasteiger partial charge on any atom is 0.336 e. The van der Waals surface area contributed by atoms with E-state index < -0.39 is 34.9 Å². The first-order valence-electron chi connectivity index (χ1n) is 23.2. The zero-order valence-corrected chi connectivity index (χ0v) is 39.5. The third-order valence-electron chi connectivity index (χ3n) is 12.8. The van der Waals surface area contributed by atoms with Crippen molar-refractivity contribution in [2.24, 2.45) is 11.5 Å². The molecule has 12 nitrogen and oxygen atoms in total. The Balaban J connectivity index is 1.63. The highest BCUT2D eigenvalue weighted by Gasteiger charge is 2.37. The number of fused-ring (bicyclic) bond motifs is 2. The van der Waals surface area contributed by atoms with E-state index in [0.29, 0.717) is 28.6 Å². The summed E-state index contributed by atoms with van der Waals surface area (Å²) in [6.07, 6.45) is 0. The van der Waals surface area contributed by atoms with Gasteiger partial charge in [0, 0.05) is 48.7 Å². The maximum atomic E-state index is 15.0. The van der Waals surface area contributed by atoms with Crippen LogP contribution in [0.3, 0.4) is 0 Å². The molecule has 0 saturated carbocycles. The summed E-state index contributed by atoms with van der Waals surface area (Å²) in [7, 11) is 0. The minimum atomic E-state index is -1.46. The Morgan fingerprint density at radius 3 is 1.11 bits per heavy atom. The van der Waals surface area contributed by atoms with E-state index in [1.807, 2.05) is 52.0 Å². The first-order chi connectivity index (χ1) is 34.7. The van der Waals surface area contributed by atoms with E-state index in [2.05, 4.69) is 0 Å². The Kier molecular flexibility index (Phi) is 11.9. The lowest BCUT2D eigenvalue weighted by atomic mass is 9.77. The highest BCUT2D eigenvalue weighted by atomic mass is 16.5. The van der Waals surface area contributed by atoms with Crippen LogP contribution in [-0.2, 0) is 0 Å². The molecule has 2 amide bonds. The Morgan fingerprint density at radius 1 is 0.389 bits per heavy atom. The number of carbonyl (C=O) groups excluding carboxylic acids is 2. The van der Waals surface area contributed by atoms with E-state index in [4.69, 9.17) is 30.4 Å². The Bertz CT molecular complexity index is 3750. The van der Waals surface area contributed by atoms with Crippen LogP contribution in [0, 0.1) is 0 Å². The molecule has 10 aromatic rings. The van der Waals surface area contributed by atoms with Gasteiger partial charge in [-0.3, -0.25) is 9.59 Å². The molecule has 0 bridgehead atoms. The molecule has 0 radical (unpaired) electrons. The molecule has 0 aliphatic carbocycles. The molecule has 6 N–H and O–H groups in total. The number of para-hydroxylation sites is 4. The lowest BCUT2D eigenvalue weighted by Gasteiger charge is -2.29. The standard InChI is InChI=1S/C60H46N2O10/c1-31(2)37-26-17-27-38(32(3)4)45(37)53-55(58(62)64)47-39(57(61)63)28-42(69-33-18-9-5-10-19-33)49-48-43(70-34-20-11-6-12-21-34)29-40(59(65)66)46-41(60(67)68)30-44(71-35-22-13-7-14-23-35)50(51(46)48)54(52(47)49)56(53)72-36-24-15-8-16-25-36/h5-32H,1-4H3,(H2,61,63)(H2,62,64)(H,65,66)(H,67,68). The molecule has 0 aliphatic rings. The Hall–Kier alpha value is -9.42. The molecule has 0 fully saturated rings. The number of carboxylic acid groups (broad SMARTS) is 2. The van der Waals surface area contributed by atoms with Gasteiger partial charge in [0.2, 0.25) is 11.8 Å². The summed E-state index contributed by atoms with van der Waals surface area (Å²) in [6, 6.07) is 44.8. The van der Waals surface area contributed by atoms with Gasteiger partial charge < -0.3 is 40.6 Å². The van der Waals surface area contributed by atoms with Crippen LogP contribution in [0.25, 0.3) is 54.2 Å². The summed E-state index contributed by atoms with van der Waals surface area (Å²) in [5.74, 6) is -3.83. The number of rotatable bonds is 15. The topological polar surface area (TPSA) is 198 Å². The van der Waals surface area contributed by atoms with Crippen molar-refractivity contribution < 1.29 is 48.3 Å². The van der Waals surface area contributed by atoms with Crippen LogP contribution < -0.4 is 30.4 Å². The zero-order valence-electron chi connectivity index (χ0n) is 39.5. The minimum Gasteiger partial charge on any atom is -0.478 e. The smallest absolute Gasteiger partial charge is 0.336 e. The van der Waals surface area contributed by atoms with Gasteiger partial charge in [-0.05, 0) is 95.3 Å². The predicted octanol–water partition coefficient (Wildman–Crippen LogP) is 14.4. The van der Waals surface area contributed by atoms with Crippen molar-refractivity contribution in [2.45, 2.75) is 39.5 Å². The average Bonchev–Trinajstić information content (AvgIpc) is 3.36. The lowest BCUT2D eigenvalue weighted by molar-refractivity contribution is 0.0695. The Morgan fingerprint density at radius 2 is 0.750 bits per heavy atom. The molecule has 0 spiro atoms. The monoisotopic (exact) mass is 954 g/mol. The van der Waals surface area contributed by atoms with E-state index >= 15 is 0 Å². The molecular formula is C60H46N2O10. The summed E-state index contributed by atoms with van der Waals surface area (Å²) in [6.45, 7) is 8.09. The second kappa shape index (κ2) is 18.5. The number of nitrogens with two attached hydrogens (primary N) is 2. The summed E-state index contributed by atoms with van der Waals surface area (Å²) in [5, 5.41) is 23.2. The number of hydrogen-bond acceptors (Lipinski definition) is 8. The normalized spacial score (nSPS) is 11.5. The largest absolute Gasteiger partial charge is 0.478 e. The molecule has 10 aromatic carbocycles. The summed E-state index contributed by atoms with van der Waals surface area (Å²) in [4.78, 5) is 56.9. The first kappa shape index (κ1) is 46.3. The van der Waals surface area contributed by atoms with Crippen molar-refractivity contribution in [2.75, 3.05) is 0 Å². The second-order valence-corrected chi connectivity index (χ2v) is 18.0. The summed E-state index contributed by atoms with van der Waals surface area (Å²) >= 11 is 0. The molecule has 12 heteroatoms. The van der Waals surface area contributed by atoms with E-state index in [-0.39, 0.29) is 94.6 Å². The zero-order chi connectivity index (χ0) is 50.5. The number of carboxylic acids is 2. The number of benzene rings is 10. The molecule has 0 heterocycles. The van der Waals surface area contributed by atoms with Crippen molar-refractivity contribution in [1.29, 1.82) is 0 Å².